The van der Waals surface area contributed by atoms with E-state index in [9.17, 15) is 0 Å². The van der Waals surface area contributed by atoms with Gasteiger partial charge in [-0.3, -0.25) is 4.99 Å². The third-order valence-electron chi connectivity index (χ3n) is 3.46. The largest absolute Gasteiger partial charge is 0.381 e. The molecule has 2 rings (SSSR count). The Morgan fingerprint density at radius 2 is 2.39 bits per heavy atom. The highest BCUT2D eigenvalue weighted by Crippen LogP contribution is 2.12. The van der Waals surface area contributed by atoms with E-state index in [0.717, 1.165) is 63.3 Å². The summed E-state index contributed by atoms with van der Waals surface area (Å²) in [4.78, 5) is 9.66. The molecule has 132 valence electrons. The summed E-state index contributed by atoms with van der Waals surface area (Å²) in [5, 5.41) is 7.67. The molecule has 0 bridgehead atoms. The minimum Gasteiger partial charge on any atom is -0.381 e. The van der Waals surface area contributed by atoms with Gasteiger partial charge in [0.2, 0.25) is 0 Å². The molecule has 0 amide bonds. The lowest BCUT2D eigenvalue weighted by molar-refractivity contribution is 0.0888. The number of thiazole rings is 1. The Kier molecular flexibility index (Phi) is 10.7. The maximum absolute atomic E-state index is 5.68. The fraction of sp³-hybridized carbons (Fsp3) is 0.733. The third-order valence-corrected chi connectivity index (χ3v) is 4.37. The lowest BCUT2D eigenvalue weighted by Gasteiger charge is -2.12. The van der Waals surface area contributed by atoms with E-state index in [1.165, 1.54) is 4.88 Å². The molecule has 1 aromatic heterocycles. The number of ether oxygens (including phenoxy) is 2. The van der Waals surface area contributed by atoms with E-state index < -0.39 is 0 Å². The van der Waals surface area contributed by atoms with E-state index in [0.29, 0.717) is 5.92 Å². The van der Waals surface area contributed by atoms with E-state index in [2.05, 4.69) is 20.6 Å². The maximum atomic E-state index is 5.68. The van der Waals surface area contributed by atoms with Crippen LogP contribution >= 0.6 is 35.3 Å². The van der Waals surface area contributed by atoms with Crippen LogP contribution < -0.4 is 10.6 Å². The summed E-state index contributed by atoms with van der Waals surface area (Å²) in [5.41, 5.74) is 0. The Bertz CT molecular complexity index is 464. The molecule has 2 heterocycles. The summed E-state index contributed by atoms with van der Waals surface area (Å²) >= 11 is 1.70. The molecule has 1 saturated heterocycles. The fourth-order valence-electron chi connectivity index (χ4n) is 2.22. The minimum atomic E-state index is 0. The molecule has 1 atom stereocenters. The molecule has 6 nitrogen and oxygen atoms in total. The summed E-state index contributed by atoms with van der Waals surface area (Å²) in [7, 11) is 1.78. The Hall–Kier alpha value is -0.450. The van der Waals surface area contributed by atoms with Crippen LogP contribution in [0, 0.1) is 12.8 Å². The minimum absolute atomic E-state index is 0. The van der Waals surface area contributed by atoms with Gasteiger partial charge >= 0.3 is 0 Å². The zero-order valence-electron chi connectivity index (χ0n) is 13.8. The molecule has 1 unspecified atom stereocenters. The van der Waals surface area contributed by atoms with Gasteiger partial charge in [-0.2, -0.15) is 0 Å². The van der Waals surface area contributed by atoms with Crippen molar-refractivity contribution in [3.63, 3.8) is 0 Å². The number of nitrogens with zero attached hydrogens (tertiary/aromatic N) is 2. The Morgan fingerprint density at radius 3 is 3.04 bits per heavy atom. The first-order valence-corrected chi connectivity index (χ1v) is 8.61. The standard InChI is InChI=1S/C15H26N4O2S.HI/c1-12-18-8-14(22-12)9-19-15(16-2)17-5-3-6-20-10-13-4-7-21-11-13;/h8,13H,3-7,9-11H2,1-2H3,(H2,16,17,19);1H. The second-order valence-electron chi connectivity index (χ2n) is 5.36. The van der Waals surface area contributed by atoms with E-state index >= 15 is 0 Å². The van der Waals surface area contributed by atoms with Gasteiger partial charge in [-0.05, 0) is 19.8 Å². The number of halogens is 1. The SMILES string of the molecule is CN=C(NCCCOCC1CCOC1)NCc1cnc(C)s1.I. The van der Waals surface area contributed by atoms with Crippen molar-refractivity contribution in [2.75, 3.05) is 40.0 Å². The Morgan fingerprint density at radius 1 is 1.52 bits per heavy atom. The zero-order chi connectivity index (χ0) is 15.6. The number of aryl methyl sites for hydroxylation is 1. The number of nitrogens with one attached hydrogen (secondary N) is 2. The molecule has 0 spiro atoms. The molecule has 2 N–H and O–H groups in total. The molecule has 0 aromatic carbocycles. The molecule has 1 aliphatic rings. The van der Waals surface area contributed by atoms with Crippen LogP contribution in [0.15, 0.2) is 11.2 Å². The first-order valence-electron chi connectivity index (χ1n) is 7.79. The number of rotatable bonds is 8. The highest BCUT2D eigenvalue weighted by Gasteiger charge is 2.15. The average Bonchev–Trinajstić information content (AvgIpc) is 3.17. The lowest BCUT2D eigenvalue weighted by Crippen LogP contribution is -2.37. The molecular weight excluding hydrogens is 427 g/mol. The van der Waals surface area contributed by atoms with Crippen LogP contribution in [0.1, 0.15) is 22.7 Å². The molecule has 23 heavy (non-hydrogen) atoms. The monoisotopic (exact) mass is 454 g/mol. The summed E-state index contributed by atoms with van der Waals surface area (Å²) < 4.78 is 11.0. The van der Waals surface area contributed by atoms with Crippen LogP contribution in [0.4, 0.5) is 0 Å². The first-order chi connectivity index (χ1) is 10.8. The van der Waals surface area contributed by atoms with Gasteiger partial charge in [0.1, 0.15) is 0 Å². The van der Waals surface area contributed by atoms with Crippen LogP contribution in [0.2, 0.25) is 0 Å². The zero-order valence-corrected chi connectivity index (χ0v) is 17.0. The molecule has 8 heteroatoms. The second-order valence-corrected chi connectivity index (χ2v) is 6.68. The van der Waals surface area contributed by atoms with Crippen molar-refractivity contribution in [1.29, 1.82) is 0 Å². The topological polar surface area (TPSA) is 67.8 Å². The van der Waals surface area contributed by atoms with Crippen LogP contribution in [-0.4, -0.2) is 51.0 Å². The number of hydrogen-bond donors (Lipinski definition) is 2. The number of hydrogen-bond acceptors (Lipinski definition) is 5. The predicted octanol–water partition coefficient (Wildman–Crippen LogP) is 2.18. The molecule has 1 aliphatic heterocycles. The van der Waals surface area contributed by atoms with Gasteiger partial charge in [-0.1, -0.05) is 0 Å². The van der Waals surface area contributed by atoms with Gasteiger partial charge < -0.3 is 20.1 Å². The van der Waals surface area contributed by atoms with E-state index in [-0.39, 0.29) is 24.0 Å². The van der Waals surface area contributed by atoms with Crippen molar-refractivity contribution in [2.45, 2.75) is 26.3 Å². The van der Waals surface area contributed by atoms with Gasteiger partial charge in [0, 0.05) is 43.8 Å². The highest BCUT2D eigenvalue weighted by atomic mass is 127. The van der Waals surface area contributed by atoms with Gasteiger partial charge in [0.15, 0.2) is 5.96 Å². The lowest BCUT2D eigenvalue weighted by atomic mass is 10.1. The summed E-state index contributed by atoms with van der Waals surface area (Å²) in [5.74, 6) is 1.40. The van der Waals surface area contributed by atoms with Gasteiger partial charge in [0.25, 0.3) is 0 Å². The number of aromatic nitrogens is 1. The van der Waals surface area contributed by atoms with Crippen molar-refractivity contribution in [3.05, 3.63) is 16.1 Å². The van der Waals surface area contributed by atoms with Crippen molar-refractivity contribution < 1.29 is 9.47 Å². The average molecular weight is 454 g/mol. The Labute approximate surface area is 159 Å². The summed E-state index contributed by atoms with van der Waals surface area (Å²) in [6.45, 7) is 6.94. The van der Waals surface area contributed by atoms with Crippen LogP contribution in [0.25, 0.3) is 0 Å². The summed E-state index contributed by atoms with van der Waals surface area (Å²) in [6, 6.07) is 0. The van der Waals surface area contributed by atoms with E-state index in [1.807, 2.05) is 13.1 Å². The fourth-order valence-corrected chi connectivity index (χ4v) is 2.96. The van der Waals surface area contributed by atoms with Crippen molar-refractivity contribution in [1.82, 2.24) is 15.6 Å². The molecule has 0 aliphatic carbocycles. The van der Waals surface area contributed by atoms with E-state index in [4.69, 9.17) is 9.47 Å². The highest BCUT2D eigenvalue weighted by molar-refractivity contribution is 14.0. The van der Waals surface area contributed by atoms with Gasteiger partial charge in [-0.25, -0.2) is 4.98 Å². The first kappa shape index (κ1) is 20.6. The molecular formula is C15H27IN4O2S. The number of guanidine groups is 1. The number of aliphatic imine (C=N–C) groups is 1. The van der Waals surface area contributed by atoms with Crippen molar-refractivity contribution >= 4 is 41.3 Å². The molecule has 0 radical (unpaired) electrons. The van der Waals surface area contributed by atoms with E-state index in [1.54, 1.807) is 18.4 Å². The molecule has 1 fully saturated rings. The van der Waals surface area contributed by atoms with Gasteiger partial charge in [-0.15, -0.1) is 35.3 Å². The smallest absolute Gasteiger partial charge is 0.191 e. The van der Waals surface area contributed by atoms with Crippen LogP contribution in [0.3, 0.4) is 0 Å². The van der Waals surface area contributed by atoms with Gasteiger partial charge in [0.05, 0.1) is 24.8 Å². The molecule has 1 aromatic rings. The van der Waals surface area contributed by atoms with Crippen LogP contribution in [0.5, 0.6) is 0 Å². The van der Waals surface area contributed by atoms with Crippen LogP contribution in [-0.2, 0) is 16.0 Å². The normalized spacial score (nSPS) is 17.8. The van der Waals surface area contributed by atoms with Crippen molar-refractivity contribution in [3.8, 4) is 0 Å². The predicted molar refractivity (Wildman–Crippen MR) is 105 cm³/mol. The maximum Gasteiger partial charge on any atom is 0.191 e. The second kappa shape index (κ2) is 12.0. The molecule has 0 saturated carbocycles. The van der Waals surface area contributed by atoms with Crippen molar-refractivity contribution in [2.24, 2.45) is 10.9 Å². The Balaban J connectivity index is 0.00000264. The summed E-state index contributed by atoms with van der Waals surface area (Å²) in [6.07, 6.45) is 4.00. The quantitative estimate of drug-likeness (QED) is 0.273. The third kappa shape index (κ3) is 8.27.